The molecule has 2 heterocycles. The highest BCUT2D eigenvalue weighted by Crippen LogP contribution is 2.39. The second kappa shape index (κ2) is 7.51. The van der Waals surface area contributed by atoms with Crippen molar-refractivity contribution in [2.45, 2.75) is 82.6 Å². The minimum Gasteiger partial charge on any atom is -0.352 e. The van der Waals surface area contributed by atoms with Gasteiger partial charge in [-0.3, -0.25) is 4.79 Å². The molecule has 4 fully saturated rings. The van der Waals surface area contributed by atoms with E-state index in [1.165, 1.54) is 19.3 Å². The molecule has 0 aromatic rings. The lowest BCUT2D eigenvalue weighted by atomic mass is 9.77. The first-order valence-electron chi connectivity index (χ1n) is 10.5. The lowest BCUT2D eigenvalue weighted by molar-refractivity contribution is -0.124. The standard InChI is InChI=1S/C20H34FN3O/c1-12-5-6-17(21)16-10-18(24-19(12)16)20(25)23-15-4-2-3-13(9-15)14-7-8-22-11-14/h12-19,22,24H,2-11H2,1H3,(H,23,25). The number of halogens is 1. The molecule has 3 N–H and O–H groups in total. The molecular formula is C20H34FN3O. The summed E-state index contributed by atoms with van der Waals surface area (Å²) >= 11 is 0. The molecule has 0 spiro atoms. The highest BCUT2D eigenvalue weighted by molar-refractivity contribution is 5.82. The highest BCUT2D eigenvalue weighted by Gasteiger charge is 2.46. The Labute approximate surface area is 151 Å². The van der Waals surface area contributed by atoms with Gasteiger partial charge in [-0.1, -0.05) is 13.3 Å². The number of rotatable bonds is 3. The normalized spacial score (nSPS) is 47.4. The number of carbonyl (C=O) groups is 1. The van der Waals surface area contributed by atoms with E-state index in [9.17, 15) is 9.18 Å². The van der Waals surface area contributed by atoms with Crippen molar-refractivity contribution in [3.8, 4) is 0 Å². The first-order chi connectivity index (χ1) is 12.1. The molecule has 4 rings (SSSR count). The molecule has 142 valence electrons. The average Bonchev–Trinajstić information content (AvgIpc) is 3.28. The maximum absolute atomic E-state index is 14.3. The molecule has 2 saturated heterocycles. The van der Waals surface area contributed by atoms with Gasteiger partial charge in [0.1, 0.15) is 6.17 Å². The molecule has 0 radical (unpaired) electrons. The Bertz CT molecular complexity index is 464. The summed E-state index contributed by atoms with van der Waals surface area (Å²) in [6, 6.07) is 0.306. The molecule has 2 saturated carbocycles. The van der Waals surface area contributed by atoms with Crippen LogP contribution >= 0.6 is 0 Å². The van der Waals surface area contributed by atoms with Crippen molar-refractivity contribution in [3.63, 3.8) is 0 Å². The summed E-state index contributed by atoms with van der Waals surface area (Å²) in [5.74, 6) is 2.17. The number of hydrogen-bond donors (Lipinski definition) is 3. The van der Waals surface area contributed by atoms with Gasteiger partial charge in [-0.25, -0.2) is 4.39 Å². The zero-order chi connectivity index (χ0) is 17.4. The summed E-state index contributed by atoms with van der Waals surface area (Å²) in [5.41, 5.74) is 0. The molecule has 4 nitrogen and oxygen atoms in total. The molecule has 2 aliphatic carbocycles. The van der Waals surface area contributed by atoms with Crippen LogP contribution in [0.2, 0.25) is 0 Å². The number of hydrogen-bond acceptors (Lipinski definition) is 3. The minimum absolute atomic E-state index is 0.0307. The zero-order valence-corrected chi connectivity index (χ0v) is 15.5. The van der Waals surface area contributed by atoms with Crippen LogP contribution in [0.4, 0.5) is 4.39 Å². The van der Waals surface area contributed by atoms with E-state index < -0.39 is 6.17 Å². The SMILES string of the molecule is CC1CCC(F)C2CC(C(=O)NC3CCCC(C4CCNC4)C3)NC12. The van der Waals surface area contributed by atoms with E-state index in [2.05, 4.69) is 22.9 Å². The fourth-order valence-electron chi connectivity index (χ4n) is 5.97. The Morgan fingerprint density at radius 3 is 2.72 bits per heavy atom. The molecule has 8 atom stereocenters. The van der Waals surface area contributed by atoms with Gasteiger partial charge >= 0.3 is 0 Å². The maximum atomic E-state index is 14.3. The maximum Gasteiger partial charge on any atom is 0.237 e. The van der Waals surface area contributed by atoms with Crippen LogP contribution in [0.5, 0.6) is 0 Å². The van der Waals surface area contributed by atoms with Crippen LogP contribution in [0, 0.1) is 23.7 Å². The van der Waals surface area contributed by atoms with E-state index in [1.54, 1.807) is 0 Å². The van der Waals surface area contributed by atoms with Crippen molar-refractivity contribution in [2.75, 3.05) is 13.1 Å². The molecule has 4 aliphatic rings. The van der Waals surface area contributed by atoms with Gasteiger partial charge in [0.25, 0.3) is 0 Å². The summed E-state index contributed by atoms with van der Waals surface area (Å²) in [6.07, 6.45) is 7.58. The molecule has 1 amide bonds. The monoisotopic (exact) mass is 351 g/mol. The van der Waals surface area contributed by atoms with Crippen molar-refractivity contribution in [1.29, 1.82) is 0 Å². The Kier molecular flexibility index (Phi) is 5.33. The minimum atomic E-state index is -0.736. The Balaban J connectivity index is 1.31. The quantitative estimate of drug-likeness (QED) is 0.732. The second-order valence-electron chi connectivity index (χ2n) is 9.10. The van der Waals surface area contributed by atoms with E-state index in [0.717, 1.165) is 44.2 Å². The first-order valence-corrected chi connectivity index (χ1v) is 10.5. The largest absolute Gasteiger partial charge is 0.352 e. The van der Waals surface area contributed by atoms with Crippen molar-refractivity contribution in [2.24, 2.45) is 23.7 Å². The van der Waals surface area contributed by atoms with Crippen molar-refractivity contribution < 1.29 is 9.18 Å². The van der Waals surface area contributed by atoms with Gasteiger partial charge in [0, 0.05) is 18.0 Å². The molecule has 5 heteroatoms. The first kappa shape index (κ1) is 17.7. The van der Waals surface area contributed by atoms with E-state index in [1.807, 2.05) is 0 Å². The van der Waals surface area contributed by atoms with Gasteiger partial charge in [0.15, 0.2) is 0 Å². The third-order valence-electron chi connectivity index (χ3n) is 7.48. The molecule has 0 bridgehead atoms. The molecule has 8 unspecified atom stereocenters. The van der Waals surface area contributed by atoms with Crippen LogP contribution in [0.3, 0.4) is 0 Å². The van der Waals surface area contributed by atoms with Gasteiger partial charge in [-0.05, 0) is 75.8 Å². The molecular weight excluding hydrogens is 317 g/mol. The van der Waals surface area contributed by atoms with E-state index in [0.29, 0.717) is 24.8 Å². The number of carbonyl (C=O) groups excluding carboxylic acids is 1. The van der Waals surface area contributed by atoms with Crippen molar-refractivity contribution in [3.05, 3.63) is 0 Å². The third-order valence-corrected chi connectivity index (χ3v) is 7.48. The van der Waals surface area contributed by atoms with E-state index in [-0.39, 0.29) is 23.9 Å². The van der Waals surface area contributed by atoms with Gasteiger partial charge < -0.3 is 16.0 Å². The highest BCUT2D eigenvalue weighted by atomic mass is 19.1. The number of fused-ring (bicyclic) bond motifs is 1. The smallest absolute Gasteiger partial charge is 0.237 e. The third kappa shape index (κ3) is 3.73. The van der Waals surface area contributed by atoms with Crippen LogP contribution in [0.1, 0.15) is 58.3 Å². The lowest BCUT2D eigenvalue weighted by Crippen LogP contribution is -2.49. The van der Waals surface area contributed by atoms with E-state index in [4.69, 9.17) is 0 Å². The van der Waals surface area contributed by atoms with E-state index >= 15 is 0 Å². The van der Waals surface area contributed by atoms with Crippen molar-refractivity contribution >= 4 is 5.91 Å². The van der Waals surface area contributed by atoms with Gasteiger partial charge in [-0.15, -0.1) is 0 Å². The Morgan fingerprint density at radius 1 is 1.08 bits per heavy atom. The molecule has 2 aliphatic heterocycles. The predicted octanol–water partition coefficient (Wildman–Crippen LogP) is 2.39. The summed E-state index contributed by atoms with van der Waals surface area (Å²) in [4.78, 5) is 12.8. The number of nitrogens with one attached hydrogen (secondary N) is 3. The number of amides is 1. The summed E-state index contributed by atoms with van der Waals surface area (Å²) in [7, 11) is 0. The number of alkyl halides is 1. The van der Waals surface area contributed by atoms with Crippen molar-refractivity contribution in [1.82, 2.24) is 16.0 Å². The fraction of sp³-hybridized carbons (Fsp3) is 0.950. The molecule has 0 aromatic heterocycles. The summed E-state index contributed by atoms with van der Waals surface area (Å²) in [6.45, 7) is 4.49. The zero-order valence-electron chi connectivity index (χ0n) is 15.5. The predicted molar refractivity (Wildman–Crippen MR) is 97.0 cm³/mol. The summed E-state index contributed by atoms with van der Waals surface area (Å²) in [5, 5.41) is 10.2. The van der Waals surface area contributed by atoms with Gasteiger partial charge in [0.2, 0.25) is 5.91 Å². The lowest BCUT2D eigenvalue weighted by Gasteiger charge is -2.34. The van der Waals surface area contributed by atoms with Gasteiger partial charge in [-0.2, -0.15) is 0 Å². The van der Waals surface area contributed by atoms with Crippen LogP contribution in [0.15, 0.2) is 0 Å². The second-order valence-corrected chi connectivity index (χ2v) is 9.10. The Morgan fingerprint density at radius 2 is 1.96 bits per heavy atom. The van der Waals surface area contributed by atoms with Gasteiger partial charge in [0.05, 0.1) is 6.04 Å². The fourth-order valence-corrected chi connectivity index (χ4v) is 5.97. The van der Waals surface area contributed by atoms with Crippen LogP contribution in [-0.2, 0) is 4.79 Å². The molecule has 25 heavy (non-hydrogen) atoms. The Hall–Kier alpha value is -0.680. The topological polar surface area (TPSA) is 53.2 Å². The molecule has 0 aromatic carbocycles. The van der Waals surface area contributed by atoms with Crippen LogP contribution in [0.25, 0.3) is 0 Å². The average molecular weight is 352 g/mol. The van der Waals surface area contributed by atoms with Crippen LogP contribution in [-0.4, -0.2) is 43.3 Å². The summed E-state index contributed by atoms with van der Waals surface area (Å²) < 4.78 is 14.3. The van der Waals surface area contributed by atoms with Crippen LogP contribution < -0.4 is 16.0 Å².